The number of benzene rings is 1. The first kappa shape index (κ1) is 13.1. The molecule has 1 heterocycles. The Bertz CT molecular complexity index is 516. The molecule has 96 valence electrons. The van der Waals surface area contributed by atoms with Gasteiger partial charge in [-0.05, 0) is 30.7 Å². The third-order valence-electron chi connectivity index (χ3n) is 2.84. The largest absolute Gasteiger partial charge is 0.396 e. The van der Waals surface area contributed by atoms with Crippen LogP contribution in [0.3, 0.4) is 0 Å². The molecule has 0 amide bonds. The number of anilines is 1. The lowest BCUT2D eigenvalue weighted by Gasteiger charge is -2.09. The number of unbranched alkanes of at least 4 members (excludes halogenated alkanes) is 2. The van der Waals surface area contributed by atoms with E-state index in [0.717, 1.165) is 42.4 Å². The van der Waals surface area contributed by atoms with E-state index in [4.69, 9.17) is 16.7 Å². The highest BCUT2D eigenvalue weighted by Crippen LogP contribution is 2.24. The molecule has 0 radical (unpaired) electrons. The summed E-state index contributed by atoms with van der Waals surface area (Å²) in [6, 6.07) is 9.92. The number of fused-ring (bicyclic) bond motifs is 1. The van der Waals surface area contributed by atoms with Crippen LogP contribution < -0.4 is 5.32 Å². The Kier molecular flexibility index (Phi) is 4.79. The van der Waals surface area contributed by atoms with E-state index in [1.165, 1.54) is 0 Å². The number of nitrogens with one attached hydrogen (secondary N) is 1. The number of aromatic nitrogens is 1. The van der Waals surface area contributed by atoms with Gasteiger partial charge in [-0.1, -0.05) is 35.9 Å². The van der Waals surface area contributed by atoms with Gasteiger partial charge in [-0.15, -0.1) is 0 Å². The topological polar surface area (TPSA) is 45.1 Å². The van der Waals surface area contributed by atoms with E-state index in [1.54, 1.807) is 0 Å². The standard InChI is InChI=1S/C14H17ClN2O/c15-13-10-11-6-2-3-7-12(11)14(17-13)16-8-4-1-5-9-18/h2-3,6-7,10,18H,1,4-5,8-9H2,(H,16,17). The molecule has 2 rings (SSSR count). The van der Waals surface area contributed by atoms with Crippen molar-refractivity contribution in [2.45, 2.75) is 19.3 Å². The Morgan fingerprint density at radius 3 is 2.83 bits per heavy atom. The molecular formula is C14H17ClN2O. The van der Waals surface area contributed by atoms with Gasteiger partial charge in [0.1, 0.15) is 11.0 Å². The molecule has 18 heavy (non-hydrogen) atoms. The first-order chi connectivity index (χ1) is 8.81. The normalized spacial score (nSPS) is 10.8. The van der Waals surface area contributed by atoms with Gasteiger partial charge >= 0.3 is 0 Å². The van der Waals surface area contributed by atoms with Gasteiger partial charge in [0.2, 0.25) is 0 Å². The van der Waals surface area contributed by atoms with Crippen molar-refractivity contribution in [3.05, 3.63) is 35.5 Å². The molecule has 0 fully saturated rings. The molecule has 0 saturated carbocycles. The minimum atomic E-state index is 0.262. The number of aliphatic hydroxyl groups excluding tert-OH is 1. The molecular weight excluding hydrogens is 248 g/mol. The highest BCUT2D eigenvalue weighted by atomic mass is 35.5. The van der Waals surface area contributed by atoms with E-state index in [-0.39, 0.29) is 6.61 Å². The molecule has 0 atom stereocenters. The maximum atomic E-state index is 8.71. The average Bonchev–Trinajstić information content (AvgIpc) is 2.38. The van der Waals surface area contributed by atoms with Crippen molar-refractivity contribution in [3.8, 4) is 0 Å². The Labute approximate surface area is 112 Å². The maximum absolute atomic E-state index is 8.71. The van der Waals surface area contributed by atoms with Crippen LogP contribution in [0.5, 0.6) is 0 Å². The zero-order valence-electron chi connectivity index (χ0n) is 10.2. The fraction of sp³-hybridized carbons (Fsp3) is 0.357. The summed E-state index contributed by atoms with van der Waals surface area (Å²) in [6.07, 6.45) is 2.89. The lowest BCUT2D eigenvalue weighted by atomic mass is 10.1. The van der Waals surface area contributed by atoms with Crippen molar-refractivity contribution >= 4 is 28.2 Å². The second kappa shape index (κ2) is 6.57. The van der Waals surface area contributed by atoms with Gasteiger partial charge in [-0.2, -0.15) is 0 Å². The van der Waals surface area contributed by atoms with Crippen molar-refractivity contribution in [2.75, 3.05) is 18.5 Å². The molecule has 0 unspecified atom stereocenters. The lowest BCUT2D eigenvalue weighted by molar-refractivity contribution is 0.283. The number of pyridine rings is 1. The molecule has 0 aliphatic carbocycles. The molecule has 1 aromatic carbocycles. The van der Waals surface area contributed by atoms with Gasteiger partial charge in [0.05, 0.1) is 0 Å². The summed E-state index contributed by atoms with van der Waals surface area (Å²) >= 11 is 6.00. The second-order valence-corrected chi connectivity index (χ2v) is 4.61. The van der Waals surface area contributed by atoms with Crippen LogP contribution in [0, 0.1) is 0 Å². The van der Waals surface area contributed by atoms with Crippen LogP contribution in [-0.4, -0.2) is 23.2 Å². The number of aliphatic hydroxyl groups is 1. The van der Waals surface area contributed by atoms with E-state index < -0.39 is 0 Å². The molecule has 0 bridgehead atoms. The molecule has 0 aliphatic rings. The van der Waals surface area contributed by atoms with Crippen molar-refractivity contribution < 1.29 is 5.11 Å². The quantitative estimate of drug-likeness (QED) is 0.620. The minimum absolute atomic E-state index is 0.262. The first-order valence-corrected chi connectivity index (χ1v) is 6.59. The fourth-order valence-corrected chi connectivity index (χ4v) is 2.12. The van der Waals surface area contributed by atoms with Crippen molar-refractivity contribution in [3.63, 3.8) is 0 Å². The van der Waals surface area contributed by atoms with Crippen LogP contribution in [0.25, 0.3) is 10.8 Å². The summed E-state index contributed by atoms with van der Waals surface area (Å²) in [5, 5.41) is 14.7. The Hall–Kier alpha value is -1.32. The van der Waals surface area contributed by atoms with E-state index in [9.17, 15) is 0 Å². The zero-order valence-corrected chi connectivity index (χ0v) is 11.0. The molecule has 2 N–H and O–H groups in total. The second-order valence-electron chi connectivity index (χ2n) is 4.23. The summed E-state index contributed by atoms with van der Waals surface area (Å²) in [5.41, 5.74) is 0. The molecule has 3 nitrogen and oxygen atoms in total. The molecule has 0 saturated heterocycles. The molecule has 0 spiro atoms. The maximum Gasteiger partial charge on any atom is 0.135 e. The predicted molar refractivity (Wildman–Crippen MR) is 76.2 cm³/mol. The third kappa shape index (κ3) is 3.34. The van der Waals surface area contributed by atoms with Crippen LogP contribution in [0.4, 0.5) is 5.82 Å². The summed E-state index contributed by atoms with van der Waals surface area (Å²) in [6.45, 7) is 1.11. The van der Waals surface area contributed by atoms with Gasteiger partial charge in [0, 0.05) is 18.5 Å². The van der Waals surface area contributed by atoms with Gasteiger partial charge in [-0.3, -0.25) is 0 Å². The smallest absolute Gasteiger partial charge is 0.135 e. The van der Waals surface area contributed by atoms with Gasteiger partial charge in [-0.25, -0.2) is 4.98 Å². The minimum Gasteiger partial charge on any atom is -0.396 e. The number of hydrogen-bond donors (Lipinski definition) is 2. The van der Waals surface area contributed by atoms with Crippen molar-refractivity contribution in [1.82, 2.24) is 4.98 Å². The molecule has 0 aliphatic heterocycles. The average molecular weight is 265 g/mol. The Morgan fingerprint density at radius 1 is 1.17 bits per heavy atom. The summed E-state index contributed by atoms with van der Waals surface area (Å²) in [4.78, 5) is 4.32. The summed E-state index contributed by atoms with van der Waals surface area (Å²) in [7, 11) is 0. The highest BCUT2D eigenvalue weighted by molar-refractivity contribution is 6.30. The Balaban J connectivity index is 2.07. The van der Waals surface area contributed by atoms with E-state index in [2.05, 4.69) is 10.3 Å². The van der Waals surface area contributed by atoms with Gasteiger partial charge in [0.15, 0.2) is 0 Å². The van der Waals surface area contributed by atoms with Crippen LogP contribution in [0.15, 0.2) is 30.3 Å². The third-order valence-corrected chi connectivity index (χ3v) is 3.03. The SMILES string of the molecule is OCCCCCNc1nc(Cl)cc2ccccc12. The fourth-order valence-electron chi connectivity index (χ4n) is 1.92. The number of hydrogen-bond acceptors (Lipinski definition) is 3. The number of halogens is 1. The monoisotopic (exact) mass is 264 g/mol. The lowest BCUT2D eigenvalue weighted by Crippen LogP contribution is -2.04. The Morgan fingerprint density at radius 2 is 2.00 bits per heavy atom. The van der Waals surface area contributed by atoms with Crippen LogP contribution in [0.2, 0.25) is 5.15 Å². The molecule has 4 heteroatoms. The van der Waals surface area contributed by atoms with Crippen LogP contribution >= 0.6 is 11.6 Å². The predicted octanol–water partition coefficient (Wildman–Crippen LogP) is 3.46. The van der Waals surface area contributed by atoms with Crippen LogP contribution in [-0.2, 0) is 0 Å². The van der Waals surface area contributed by atoms with E-state index >= 15 is 0 Å². The van der Waals surface area contributed by atoms with E-state index in [0.29, 0.717) is 5.15 Å². The summed E-state index contributed by atoms with van der Waals surface area (Å²) in [5.74, 6) is 0.835. The summed E-state index contributed by atoms with van der Waals surface area (Å²) < 4.78 is 0. The first-order valence-electron chi connectivity index (χ1n) is 6.21. The number of rotatable bonds is 6. The van der Waals surface area contributed by atoms with E-state index in [1.807, 2.05) is 30.3 Å². The highest BCUT2D eigenvalue weighted by Gasteiger charge is 2.03. The van der Waals surface area contributed by atoms with Crippen molar-refractivity contribution in [1.29, 1.82) is 0 Å². The van der Waals surface area contributed by atoms with Crippen LogP contribution in [0.1, 0.15) is 19.3 Å². The van der Waals surface area contributed by atoms with Gasteiger partial charge in [0.25, 0.3) is 0 Å². The zero-order chi connectivity index (χ0) is 12.8. The van der Waals surface area contributed by atoms with Gasteiger partial charge < -0.3 is 10.4 Å². The van der Waals surface area contributed by atoms with Crippen molar-refractivity contribution in [2.24, 2.45) is 0 Å². The molecule has 2 aromatic rings. The number of nitrogens with zero attached hydrogens (tertiary/aromatic N) is 1. The molecule has 1 aromatic heterocycles.